The summed E-state index contributed by atoms with van der Waals surface area (Å²) in [7, 11) is 2.02. The normalized spacial score (nSPS) is 22.2. The van der Waals surface area contributed by atoms with Crippen LogP contribution in [0.4, 0.5) is 10.1 Å². The fourth-order valence-electron chi connectivity index (χ4n) is 4.43. The zero-order valence-electron chi connectivity index (χ0n) is 16.9. The molecule has 0 spiro atoms. The number of esters is 1. The Balaban J connectivity index is 1.99. The first-order valence-corrected chi connectivity index (χ1v) is 10.0. The lowest BCUT2D eigenvalue weighted by Gasteiger charge is -2.38. The Kier molecular flexibility index (Phi) is 5.08. The number of aliphatic hydroxyl groups is 1. The molecule has 1 aromatic heterocycles. The highest BCUT2D eigenvalue weighted by Gasteiger charge is 2.34. The summed E-state index contributed by atoms with van der Waals surface area (Å²) in [6, 6.07) is 1.05. The van der Waals surface area contributed by atoms with Crippen molar-refractivity contribution in [3.05, 3.63) is 39.4 Å². The Morgan fingerprint density at radius 2 is 2.00 bits per heavy atom. The summed E-state index contributed by atoms with van der Waals surface area (Å²) in [5.74, 6) is -1.26. The summed E-state index contributed by atoms with van der Waals surface area (Å²) >= 11 is 0. The van der Waals surface area contributed by atoms with Crippen LogP contribution in [0.5, 0.6) is 0 Å². The van der Waals surface area contributed by atoms with E-state index in [1.807, 2.05) is 23.4 Å². The van der Waals surface area contributed by atoms with Crippen molar-refractivity contribution in [2.45, 2.75) is 32.4 Å². The van der Waals surface area contributed by atoms with Crippen LogP contribution in [0.25, 0.3) is 10.9 Å². The van der Waals surface area contributed by atoms with E-state index in [1.54, 1.807) is 6.92 Å². The van der Waals surface area contributed by atoms with Gasteiger partial charge in [0.15, 0.2) is 0 Å². The predicted octanol–water partition coefficient (Wildman–Crippen LogP) is 2.07. The van der Waals surface area contributed by atoms with Gasteiger partial charge in [-0.25, -0.2) is 9.18 Å². The third-order valence-electron chi connectivity index (χ3n) is 5.97. The Labute approximate surface area is 168 Å². The van der Waals surface area contributed by atoms with Gasteiger partial charge in [-0.1, -0.05) is 0 Å². The lowest BCUT2D eigenvalue weighted by atomic mass is 9.91. The van der Waals surface area contributed by atoms with Crippen LogP contribution in [-0.2, 0) is 4.74 Å². The third-order valence-corrected chi connectivity index (χ3v) is 5.97. The molecule has 2 aromatic rings. The summed E-state index contributed by atoms with van der Waals surface area (Å²) < 4.78 is 22.1. The largest absolute Gasteiger partial charge is 0.462 e. The molecule has 2 aliphatic heterocycles. The van der Waals surface area contributed by atoms with Crippen molar-refractivity contribution in [1.29, 1.82) is 0 Å². The minimum absolute atomic E-state index is 0.103. The molecule has 1 aromatic carbocycles. The van der Waals surface area contributed by atoms with Gasteiger partial charge in [0.05, 0.1) is 29.3 Å². The molecule has 7 nitrogen and oxygen atoms in total. The number of rotatable bonds is 3. The van der Waals surface area contributed by atoms with E-state index < -0.39 is 23.3 Å². The Bertz CT molecular complexity index is 1030. The standard InChI is InChI=1S/C21H26FN3O4/c1-4-29-21(28)14-11-25-12(2)9-16(26)17-18(25)13(20(14)27)10-15(22)19(17)24-7-5-23(3)6-8-24/h10-12,16,26H,4-9H2,1-3H3. The lowest BCUT2D eigenvalue weighted by Crippen LogP contribution is -2.45. The van der Waals surface area contributed by atoms with Crippen LogP contribution in [0.2, 0.25) is 0 Å². The summed E-state index contributed by atoms with van der Waals surface area (Å²) in [5, 5.41) is 11.0. The van der Waals surface area contributed by atoms with Gasteiger partial charge in [0.1, 0.15) is 11.4 Å². The van der Waals surface area contributed by atoms with Gasteiger partial charge in [-0.15, -0.1) is 0 Å². The average molecular weight is 403 g/mol. The van der Waals surface area contributed by atoms with Gasteiger partial charge in [0, 0.05) is 44.0 Å². The van der Waals surface area contributed by atoms with Crippen molar-refractivity contribution in [2.75, 3.05) is 44.7 Å². The Morgan fingerprint density at radius 3 is 2.66 bits per heavy atom. The number of nitrogens with zero attached hydrogens (tertiary/aromatic N) is 3. The number of hydrogen-bond acceptors (Lipinski definition) is 6. The van der Waals surface area contributed by atoms with Gasteiger partial charge in [0.2, 0.25) is 5.43 Å². The summed E-state index contributed by atoms with van der Waals surface area (Å²) in [6.45, 7) is 6.57. The fourth-order valence-corrected chi connectivity index (χ4v) is 4.43. The molecule has 0 saturated carbocycles. The minimum Gasteiger partial charge on any atom is -0.462 e. The predicted molar refractivity (Wildman–Crippen MR) is 108 cm³/mol. The van der Waals surface area contributed by atoms with Crippen molar-refractivity contribution in [1.82, 2.24) is 9.47 Å². The van der Waals surface area contributed by atoms with E-state index in [2.05, 4.69) is 4.90 Å². The van der Waals surface area contributed by atoms with Crippen LogP contribution in [0.3, 0.4) is 0 Å². The van der Waals surface area contributed by atoms with E-state index in [1.165, 1.54) is 12.3 Å². The van der Waals surface area contributed by atoms with Crippen LogP contribution >= 0.6 is 0 Å². The molecule has 2 atom stereocenters. The average Bonchev–Trinajstić information content (AvgIpc) is 2.68. The summed E-state index contributed by atoms with van der Waals surface area (Å²) in [6.07, 6.45) is 0.983. The molecule has 3 heterocycles. The van der Waals surface area contributed by atoms with Crippen LogP contribution in [0.1, 0.15) is 48.3 Å². The molecular formula is C21H26FN3O4. The smallest absolute Gasteiger partial charge is 0.343 e. The van der Waals surface area contributed by atoms with E-state index >= 15 is 4.39 Å². The summed E-state index contributed by atoms with van der Waals surface area (Å²) in [5.41, 5.74) is 0.628. The highest BCUT2D eigenvalue weighted by Crippen LogP contribution is 2.43. The Morgan fingerprint density at radius 1 is 1.31 bits per heavy atom. The number of hydrogen-bond donors (Lipinski definition) is 1. The molecule has 1 N–H and O–H groups in total. The first-order valence-electron chi connectivity index (χ1n) is 10.0. The molecule has 29 heavy (non-hydrogen) atoms. The number of ether oxygens (including phenoxy) is 1. The molecule has 8 heteroatoms. The van der Waals surface area contributed by atoms with Crippen LogP contribution in [0.15, 0.2) is 17.1 Å². The first-order chi connectivity index (χ1) is 13.8. The topological polar surface area (TPSA) is 75.0 Å². The number of piperazine rings is 1. The zero-order valence-corrected chi connectivity index (χ0v) is 16.9. The van der Waals surface area contributed by atoms with Gasteiger partial charge in [0.25, 0.3) is 0 Å². The third kappa shape index (κ3) is 3.20. The second-order valence-electron chi connectivity index (χ2n) is 7.91. The van der Waals surface area contributed by atoms with Crippen molar-refractivity contribution in [3.8, 4) is 0 Å². The highest BCUT2D eigenvalue weighted by atomic mass is 19.1. The molecule has 0 aliphatic carbocycles. The quantitative estimate of drug-likeness (QED) is 0.791. The molecule has 0 radical (unpaired) electrons. The molecule has 1 fully saturated rings. The number of aliphatic hydroxyl groups excluding tert-OH is 1. The van der Waals surface area contributed by atoms with Crippen molar-refractivity contribution in [3.63, 3.8) is 0 Å². The second kappa shape index (κ2) is 7.42. The number of benzene rings is 1. The maximum Gasteiger partial charge on any atom is 0.343 e. The van der Waals surface area contributed by atoms with Crippen LogP contribution in [-0.4, -0.2) is 60.4 Å². The number of anilines is 1. The van der Waals surface area contributed by atoms with Crippen molar-refractivity contribution < 1.29 is 19.0 Å². The van der Waals surface area contributed by atoms with Crippen LogP contribution in [0, 0.1) is 5.82 Å². The number of carbonyl (C=O) groups is 1. The molecule has 4 rings (SSSR count). The molecule has 2 aliphatic rings. The number of carbonyl (C=O) groups excluding carboxylic acids is 1. The van der Waals surface area contributed by atoms with Crippen molar-refractivity contribution >= 4 is 22.6 Å². The molecular weight excluding hydrogens is 377 g/mol. The Hall–Kier alpha value is -2.45. The van der Waals surface area contributed by atoms with Gasteiger partial charge >= 0.3 is 5.97 Å². The van der Waals surface area contributed by atoms with E-state index in [9.17, 15) is 14.7 Å². The van der Waals surface area contributed by atoms with E-state index in [0.29, 0.717) is 36.3 Å². The monoisotopic (exact) mass is 403 g/mol. The molecule has 2 unspecified atom stereocenters. The zero-order chi connectivity index (χ0) is 20.9. The number of likely N-dealkylation sites (N-methyl/N-ethyl adjacent to an activating group) is 1. The van der Waals surface area contributed by atoms with Crippen molar-refractivity contribution in [2.24, 2.45) is 0 Å². The maximum absolute atomic E-state index is 15.3. The van der Waals surface area contributed by atoms with Gasteiger partial charge in [-0.05, 0) is 33.4 Å². The summed E-state index contributed by atoms with van der Waals surface area (Å²) in [4.78, 5) is 29.4. The minimum atomic E-state index is -0.884. The van der Waals surface area contributed by atoms with E-state index in [4.69, 9.17) is 4.74 Å². The molecule has 156 valence electrons. The van der Waals surface area contributed by atoms with E-state index in [0.717, 1.165) is 13.1 Å². The van der Waals surface area contributed by atoms with Gasteiger partial charge < -0.3 is 24.2 Å². The SMILES string of the molecule is CCOC(=O)c1cn2c3c(c(N4CCN(C)CC4)c(F)cc3c1=O)C(O)CC2C. The number of pyridine rings is 1. The first kappa shape index (κ1) is 19.8. The highest BCUT2D eigenvalue weighted by molar-refractivity contribution is 5.96. The van der Waals surface area contributed by atoms with E-state index in [-0.39, 0.29) is 23.6 Å². The molecule has 0 amide bonds. The van der Waals surface area contributed by atoms with Gasteiger partial charge in [-0.3, -0.25) is 4.79 Å². The molecule has 0 bridgehead atoms. The van der Waals surface area contributed by atoms with Gasteiger partial charge in [-0.2, -0.15) is 0 Å². The number of halogens is 1. The maximum atomic E-state index is 15.3. The second-order valence-corrected chi connectivity index (χ2v) is 7.91. The number of aromatic nitrogens is 1. The van der Waals surface area contributed by atoms with Crippen LogP contribution < -0.4 is 10.3 Å². The lowest BCUT2D eigenvalue weighted by molar-refractivity contribution is 0.0524. The fraction of sp³-hybridized carbons (Fsp3) is 0.524. The molecule has 1 saturated heterocycles.